The van der Waals surface area contributed by atoms with E-state index >= 15 is 0 Å². The SMILES string of the molecule is [N-]=[N+]=NC(C(N)=O)C(O)C(O)C(O)CO. The number of nitrogens with two attached hydrogens (primary N) is 1. The summed E-state index contributed by atoms with van der Waals surface area (Å²) in [5.41, 5.74) is 12.8. The fourth-order valence-electron chi connectivity index (χ4n) is 0.872. The average Bonchev–Trinajstić information content (AvgIpc) is 2.22. The quantitative estimate of drug-likeness (QED) is 0.185. The molecule has 15 heavy (non-hydrogen) atoms. The molecule has 0 rings (SSSR count). The Morgan fingerprint density at radius 1 is 1.40 bits per heavy atom. The Morgan fingerprint density at radius 3 is 2.27 bits per heavy atom. The molecule has 86 valence electrons. The second kappa shape index (κ2) is 6.17. The highest BCUT2D eigenvalue weighted by atomic mass is 16.4. The maximum absolute atomic E-state index is 10.7. The Kier molecular flexibility index (Phi) is 5.60. The lowest BCUT2D eigenvalue weighted by Gasteiger charge is -2.24. The van der Waals surface area contributed by atoms with Crippen molar-refractivity contribution < 1.29 is 25.2 Å². The molecule has 0 fully saturated rings. The molecule has 0 spiro atoms. The van der Waals surface area contributed by atoms with Crippen molar-refractivity contribution in [3.05, 3.63) is 10.4 Å². The molecule has 0 heterocycles. The van der Waals surface area contributed by atoms with Crippen LogP contribution < -0.4 is 5.73 Å². The van der Waals surface area contributed by atoms with Gasteiger partial charge in [-0.2, -0.15) is 0 Å². The lowest BCUT2D eigenvalue weighted by Crippen LogP contribution is -2.49. The van der Waals surface area contributed by atoms with Crippen molar-refractivity contribution in [2.45, 2.75) is 24.4 Å². The smallest absolute Gasteiger partial charge is 0.229 e. The molecule has 9 nitrogen and oxygen atoms in total. The van der Waals surface area contributed by atoms with Gasteiger partial charge in [0.05, 0.1) is 12.7 Å². The molecule has 4 unspecified atom stereocenters. The van der Waals surface area contributed by atoms with Crippen LogP contribution in [-0.2, 0) is 4.79 Å². The number of hydrogen-bond acceptors (Lipinski definition) is 6. The lowest BCUT2D eigenvalue weighted by molar-refractivity contribution is -0.128. The van der Waals surface area contributed by atoms with Gasteiger partial charge in [0.2, 0.25) is 5.91 Å². The molecular formula is C6H12N4O5. The van der Waals surface area contributed by atoms with Crippen LogP contribution in [0.3, 0.4) is 0 Å². The molecule has 0 saturated heterocycles. The number of aliphatic hydroxyl groups excluding tert-OH is 4. The van der Waals surface area contributed by atoms with E-state index in [0.717, 1.165) is 0 Å². The summed E-state index contributed by atoms with van der Waals surface area (Å²) in [6.07, 6.45) is -5.37. The van der Waals surface area contributed by atoms with Crippen LogP contribution in [0, 0.1) is 0 Å². The van der Waals surface area contributed by atoms with Crippen LogP contribution in [-0.4, -0.2) is 57.3 Å². The minimum atomic E-state index is -1.87. The highest BCUT2D eigenvalue weighted by molar-refractivity contribution is 5.80. The number of rotatable bonds is 6. The number of nitrogens with zero attached hydrogens (tertiary/aromatic N) is 3. The molecule has 0 aliphatic rings. The van der Waals surface area contributed by atoms with Crippen molar-refractivity contribution in [1.82, 2.24) is 0 Å². The van der Waals surface area contributed by atoms with Gasteiger partial charge in [0.1, 0.15) is 18.2 Å². The fourth-order valence-corrected chi connectivity index (χ4v) is 0.872. The van der Waals surface area contributed by atoms with Gasteiger partial charge in [-0.15, -0.1) is 0 Å². The summed E-state index contributed by atoms with van der Waals surface area (Å²) in [6.45, 7) is -0.819. The number of azide groups is 1. The molecule has 0 aromatic carbocycles. The van der Waals surface area contributed by atoms with Crippen LogP contribution in [0.1, 0.15) is 0 Å². The topological polar surface area (TPSA) is 173 Å². The molecule has 9 heteroatoms. The maximum atomic E-state index is 10.7. The van der Waals surface area contributed by atoms with E-state index in [2.05, 4.69) is 10.0 Å². The summed E-state index contributed by atoms with van der Waals surface area (Å²) in [6, 6.07) is -1.70. The Morgan fingerprint density at radius 2 is 1.93 bits per heavy atom. The minimum absolute atomic E-state index is 0.819. The molecule has 0 radical (unpaired) electrons. The molecule has 0 aliphatic carbocycles. The monoisotopic (exact) mass is 220 g/mol. The highest BCUT2D eigenvalue weighted by Gasteiger charge is 2.33. The molecule has 4 atom stereocenters. The van der Waals surface area contributed by atoms with E-state index in [9.17, 15) is 15.0 Å². The molecule has 6 N–H and O–H groups in total. The standard InChI is InChI=1S/C6H12N4O5/c7-6(15)3(9-10-8)5(14)4(13)2(12)1-11/h2-5,11-14H,1H2,(H2,7,15). The molecule has 0 bridgehead atoms. The van der Waals surface area contributed by atoms with Gasteiger partial charge in [0.25, 0.3) is 0 Å². The van der Waals surface area contributed by atoms with Crippen LogP contribution in [0.2, 0.25) is 0 Å². The maximum Gasteiger partial charge on any atom is 0.229 e. The number of aliphatic hydroxyl groups is 4. The molecule has 1 amide bonds. The number of hydrogen-bond donors (Lipinski definition) is 5. The zero-order chi connectivity index (χ0) is 12.0. The summed E-state index contributed by atoms with van der Waals surface area (Å²) in [7, 11) is 0. The third-order valence-electron chi connectivity index (χ3n) is 1.72. The summed E-state index contributed by atoms with van der Waals surface area (Å²) in [4.78, 5) is 12.9. The molecular weight excluding hydrogens is 208 g/mol. The van der Waals surface area contributed by atoms with Crippen LogP contribution in [0.25, 0.3) is 10.4 Å². The van der Waals surface area contributed by atoms with Crippen molar-refractivity contribution in [3.8, 4) is 0 Å². The summed E-state index contributed by atoms with van der Waals surface area (Å²) >= 11 is 0. The fraction of sp³-hybridized carbons (Fsp3) is 0.833. The Hall–Kier alpha value is -1.38. The predicted molar refractivity (Wildman–Crippen MR) is 47.2 cm³/mol. The van der Waals surface area contributed by atoms with E-state index < -0.39 is 36.9 Å². The second-order valence-corrected chi connectivity index (χ2v) is 2.78. The second-order valence-electron chi connectivity index (χ2n) is 2.78. The Labute approximate surface area is 84.4 Å². The summed E-state index contributed by atoms with van der Waals surface area (Å²) in [5.74, 6) is -1.15. The van der Waals surface area contributed by atoms with Crippen molar-refractivity contribution in [2.75, 3.05) is 6.61 Å². The summed E-state index contributed by atoms with van der Waals surface area (Å²) < 4.78 is 0. The zero-order valence-electron chi connectivity index (χ0n) is 7.63. The number of amides is 1. The van der Waals surface area contributed by atoms with Gasteiger partial charge in [-0.25, -0.2) is 0 Å². The van der Waals surface area contributed by atoms with Gasteiger partial charge in [0.15, 0.2) is 0 Å². The van der Waals surface area contributed by atoms with Gasteiger partial charge >= 0.3 is 0 Å². The van der Waals surface area contributed by atoms with Crippen molar-refractivity contribution in [2.24, 2.45) is 10.8 Å². The van der Waals surface area contributed by atoms with Crippen LogP contribution in [0.4, 0.5) is 0 Å². The molecule has 0 saturated carbocycles. The minimum Gasteiger partial charge on any atom is -0.394 e. The first kappa shape index (κ1) is 13.6. The van der Waals surface area contributed by atoms with Gasteiger partial charge in [-0.05, 0) is 5.53 Å². The first-order valence-corrected chi connectivity index (χ1v) is 3.94. The van der Waals surface area contributed by atoms with Crippen molar-refractivity contribution >= 4 is 5.91 Å². The number of primary amides is 1. The van der Waals surface area contributed by atoms with E-state index in [1.807, 2.05) is 0 Å². The van der Waals surface area contributed by atoms with Crippen LogP contribution in [0.5, 0.6) is 0 Å². The average molecular weight is 220 g/mol. The third kappa shape index (κ3) is 3.70. The Bertz CT molecular complexity index is 264. The molecule has 0 aliphatic heterocycles. The first-order valence-electron chi connectivity index (χ1n) is 3.94. The predicted octanol–water partition coefficient (Wildman–Crippen LogP) is -2.77. The van der Waals surface area contributed by atoms with E-state index in [-0.39, 0.29) is 0 Å². The van der Waals surface area contributed by atoms with Crippen molar-refractivity contribution in [1.29, 1.82) is 0 Å². The van der Waals surface area contributed by atoms with Crippen molar-refractivity contribution in [3.63, 3.8) is 0 Å². The number of carbonyl (C=O) groups excluding carboxylic acids is 1. The lowest BCUT2D eigenvalue weighted by atomic mass is 10.0. The van der Waals surface area contributed by atoms with Gasteiger partial charge in [-0.3, -0.25) is 4.79 Å². The normalized spacial score (nSPS) is 18.4. The Balaban J connectivity index is 4.69. The number of carbonyl (C=O) groups is 1. The summed E-state index contributed by atoms with van der Waals surface area (Å²) in [5, 5.41) is 38.8. The van der Waals surface area contributed by atoms with Crippen LogP contribution >= 0.6 is 0 Å². The van der Waals surface area contributed by atoms with E-state index in [4.69, 9.17) is 21.5 Å². The van der Waals surface area contributed by atoms with E-state index in [1.54, 1.807) is 0 Å². The van der Waals surface area contributed by atoms with Gasteiger partial charge < -0.3 is 26.2 Å². The largest absolute Gasteiger partial charge is 0.394 e. The first-order chi connectivity index (χ1) is 6.95. The van der Waals surface area contributed by atoms with Gasteiger partial charge in [-0.1, -0.05) is 5.11 Å². The zero-order valence-corrected chi connectivity index (χ0v) is 7.63. The van der Waals surface area contributed by atoms with Gasteiger partial charge in [0, 0.05) is 4.91 Å². The highest BCUT2D eigenvalue weighted by Crippen LogP contribution is 2.08. The third-order valence-corrected chi connectivity index (χ3v) is 1.72. The van der Waals surface area contributed by atoms with E-state index in [1.165, 1.54) is 0 Å². The molecule has 0 aromatic rings. The molecule has 0 aromatic heterocycles. The van der Waals surface area contributed by atoms with Crippen LogP contribution in [0.15, 0.2) is 5.11 Å². The van der Waals surface area contributed by atoms with E-state index in [0.29, 0.717) is 0 Å².